The zero-order valence-corrected chi connectivity index (χ0v) is 47.1. The van der Waals surface area contributed by atoms with Crippen molar-refractivity contribution in [3.05, 3.63) is 225 Å². The monoisotopic (exact) mass is 1150 g/mol. The number of amidine groups is 2. The summed E-state index contributed by atoms with van der Waals surface area (Å²) in [6, 6.07) is 44.8. The van der Waals surface area contributed by atoms with E-state index < -0.39 is 41.8 Å². The lowest BCUT2D eigenvalue weighted by molar-refractivity contribution is -0.161. The topological polar surface area (TPSA) is 280 Å². The molecule has 0 aliphatic heterocycles. The molecule has 8 aromatic rings. The van der Waals surface area contributed by atoms with Crippen molar-refractivity contribution in [3.8, 4) is 17.4 Å². The number of nitrogens with zero attached hydrogens (tertiary/aromatic N) is 5. The Kier molecular flexibility index (Phi) is 18.8. The number of benzene rings is 6. The van der Waals surface area contributed by atoms with E-state index in [2.05, 4.69) is 42.9 Å². The molecular formula is C64H63F2N13O6. The molecule has 0 saturated heterocycles. The molecule has 6 aromatic carbocycles. The minimum absolute atomic E-state index is 0.0308. The summed E-state index contributed by atoms with van der Waals surface area (Å²) in [7, 11) is 0. The van der Waals surface area contributed by atoms with Crippen molar-refractivity contribution in [2.24, 2.45) is 17.6 Å². The van der Waals surface area contributed by atoms with Crippen LogP contribution in [0.25, 0.3) is 11.4 Å². The highest BCUT2D eigenvalue weighted by Gasteiger charge is 2.27. The first kappa shape index (κ1) is 59.5. The van der Waals surface area contributed by atoms with Crippen LogP contribution in [0.15, 0.2) is 152 Å². The van der Waals surface area contributed by atoms with Gasteiger partial charge in [-0.05, 0) is 160 Å². The second-order valence-electron chi connectivity index (χ2n) is 20.9. The third kappa shape index (κ3) is 15.7. The first-order valence-electron chi connectivity index (χ1n) is 27.5. The first-order valence-corrected chi connectivity index (χ1v) is 27.5. The van der Waals surface area contributed by atoms with Crippen molar-refractivity contribution in [3.63, 3.8) is 0 Å². The molecule has 434 valence electrons. The highest BCUT2D eigenvalue weighted by molar-refractivity contribution is 6.06. The predicted octanol–water partition coefficient (Wildman–Crippen LogP) is 10.4. The lowest BCUT2D eigenvalue weighted by atomic mass is 9.96. The summed E-state index contributed by atoms with van der Waals surface area (Å²) in [6.45, 7) is 7.68. The van der Waals surface area contributed by atoms with Crippen molar-refractivity contribution < 1.29 is 37.4 Å². The van der Waals surface area contributed by atoms with Gasteiger partial charge in [-0.3, -0.25) is 30.5 Å². The second-order valence-corrected chi connectivity index (χ2v) is 20.9. The number of nitriles is 1. The molecule has 3 unspecified atom stereocenters. The van der Waals surface area contributed by atoms with Crippen molar-refractivity contribution in [2.45, 2.75) is 71.8 Å². The second kappa shape index (κ2) is 26.8. The number of rotatable bonds is 20. The number of nitrogens with one attached hydrogen (secondary N) is 7. The number of hydrogen-bond donors (Lipinski definition) is 8. The number of esters is 1. The van der Waals surface area contributed by atoms with Gasteiger partial charge < -0.3 is 36.5 Å². The largest absolute Gasteiger partial charge is 0.426 e. The maximum absolute atomic E-state index is 15.1. The Bertz CT molecular complexity index is 3850. The van der Waals surface area contributed by atoms with Gasteiger partial charge in [-0.2, -0.15) is 15.5 Å². The fourth-order valence-electron chi connectivity index (χ4n) is 9.44. The van der Waals surface area contributed by atoms with Gasteiger partial charge in [-0.25, -0.2) is 22.9 Å². The Morgan fingerprint density at radius 1 is 0.635 bits per heavy atom. The number of alkyl carbamates (subject to hydrolysis) is 1. The van der Waals surface area contributed by atoms with E-state index in [0.29, 0.717) is 51.3 Å². The summed E-state index contributed by atoms with van der Waals surface area (Å²) < 4.78 is 42.6. The molecule has 2 heterocycles. The number of aryl methyl sites for hydroxylation is 2. The van der Waals surface area contributed by atoms with E-state index in [1.54, 1.807) is 105 Å². The standard InChI is InChI=1S/C34H35FN6O5.C30H28FN7O/c1-20-16-30(41(40-20)27-11-7-10-26(17-27)32(36)39-34(44)46-22(3)45-21(2)42)33(43)38-29-18-25(14-15-28(29)35)31(37-19-23-12-13-23)24-8-5-4-6-9-24;1-18-12-27(38(37-18)24-7-3-6-23(14-24)29(33)34)30(39)36-26-15-22(10-11-25(26)31)28(35-17-19-8-9-19)21-5-2-4-20(13-21)16-32/h4-11,14-18,22-23,31,37H,12-13,19H2,1-3H3,(H,38,43)(H2,36,39,44);2-7,10-15,19,28,35H,8-9,17H2,1H3,(H3,33,34)(H,36,39). The number of anilines is 2. The van der Waals surface area contributed by atoms with Gasteiger partial charge in [0.25, 0.3) is 11.8 Å². The summed E-state index contributed by atoms with van der Waals surface area (Å²) in [5.74, 6) is -2.03. The predicted molar refractivity (Wildman–Crippen MR) is 317 cm³/mol. The average molecular weight is 1150 g/mol. The molecule has 0 spiro atoms. The average Bonchev–Trinajstić information content (AvgIpc) is 3.58. The number of amides is 3. The molecular weight excluding hydrogens is 1080 g/mol. The van der Waals surface area contributed by atoms with Gasteiger partial charge in [0.2, 0.25) is 6.29 Å². The van der Waals surface area contributed by atoms with E-state index in [0.717, 1.165) is 35.3 Å². The van der Waals surface area contributed by atoms with Crippen LogP contribution in [0.1, 0.15) is 123 Å². The van der Waals surface area contributed by atoms with Crippen molar-refractivity contribution >= 4 is 46.9 Å². The highest BCUT2D eigenvalue weighted by atomic mass is 19.1. The van der Waals surface area contributed by atoms with Crippen LogP contribution in [0.5, 0.6) is 0 Å². The normalized spacial score (nSPS) is 13.6. The molecule has 85 heavy (non-hydrogen) atoms. The van der Waals surface area contributed by atoms with Gasteiger partial charge >= 0.3 is 12.1 Å². The SMILES string of the molecule is CC(=O)OC(C)OC(=O)NC(=N)c1cccc(-n2nc(C)cc2C(=O)Nc2cc(C(NCC3CC3)c3ccccc3)ccc2F)c1.Cc1cc(C(=O)Nc2cc(C(NCC3CC3)c3cccc(C#N)c3)ccc2F)n(-c2cccc(C(=N)N)c2)n1. The van der Waals surface area contributed by atoms with Crippen LogP contribution in [0, 0.1) is 59.5 Å². The molecule has 2 aliphatic carbocycles. The maximum Gasteiger partial charge on any atom is 0.415 e. The number of carbonyl (C=O) groups excluding carboxylic acids is 4. The lowest BCUT2D eigenvalue weighted by Crippen LogP contribution is -2.34. The van der Waals surface area contributed by atoms with Gasteiger partial charge in [-0.15, -0.1) is 0 Å². The molecule has 3 amide bonds. The fraction of sp³-hybridized carbons (Fsp3) is 0.234. The molecule has 3 atom stereocenters. The van der Waals surface area contributed by atoms with Crippen LogP contribution in [-0.4, -0.2) is 74.5 Å². The number of nitrogens with two attached hydrogens (primary N) is 1. The van der Waals surface area contributed by atoms with Gasteiger partial charge in [0.15, 0.2) is 0 Å². The van der Waals surface area contributed by atoms with E-state index in [4.69, 9.17) is 26.0 Å². The molecule has 10 rings (SSSR count). The quantitative estimate of drug-likeness (QED) is 0.0153. The summed E-state index contributed by atoms with van der Waals surface area (Å²) in [4.78, 5) is 50.2. The number of ether oxygens (including phenoxy) is 2. The van der Waals surface area contributed by atoms with E-state index in [1.807, 2.05) is 48.5 Å². The van der Waals surface area contributed by atoms with E-state index in [-0.39, 0.29) is 46.5 Å². The molecule has 2 saturated carbocycles. The Labute approximate surface area is 489 Å². The maximum atomic E-state index is 15.1. The minimum atomic E-state index is -1.14. The Hall–Kier alpha value is -10.2. The molecule has 9 N–H and O–H groups in total. The van der Waals surface area contributed by atoms with Gasteiger partial charge in [0.05, 0.1) is 57.9 Å². The summed E-state index contributed by atoms with van der Waals surface area (Å²) >= 11 is 0. The third-order valence-corrected chi connectivity index (χ3v) is 14.0. The molecule has 2 aromatic heterocycles. The summed E-state index contributed by atoms with van der Waals surface area (Å²) in [5, 5.41) is 49.2. The van der Waals surface area contributed by atoms with Crippen LogP contribution in [0.4, 0.5) is 25.0 Å². The number of halogens is 2. The van der Waals surface area contributed by atoms with Gasteiger partial charge in [0, 0.05) is 25.0 Å². The molecule has 2 aliphatic rings. The zero-order valence-electron chi connectivity index (χ0n) is 47.1. The molecule has 21 heteroatoms. The van der Waals surface area contributed by atoms with E-state index >= 15 is 4.39 Å². The van der Waals surface area contributed by atoms with Crippen LogP contribution >= 0.6 is 0 Å². The molecule has 0 radical (unpaired) electrons. The van der Waals surface area contributed by atoms with E-state index in [1.165, 1.54) is 61.0 Å². The van der Waals surface area contributed by atoms with Crippen LogP contribution in [0.2, 0.25) is 0 Å². The first-order chi connectivity index (χ1) is 40.9. The van der Waals surface area contributed by atoms with Crippen molar-refractivity contribution in [1.82, 2.24) is 35.5 Å². The van der Waals surface area contributed by atoms with Gasteiger partial charge in [0.1, 0.15) is 34.7 Å². The number of nitrogen functional groups attached to an aromatic ring is 1. The number of aromatic nitrogens is 4. The molecule has 0 bridgehead atoms. The third-order valence-electron chi connectivity index (χ3n) is 14.0. The summed E-state index contributed by atoms with van der Waals surface area (Å²) in [6.07, 6.45) is 2.60. The summed E-state index contributed by atoms with van der Waals surface area (Å²) in [5.41, 5.74) is 13.0. The van der Waals surface area contributed by atoms with Crippen LogP contribution < -0.4 is 32.3 Å². The Morgan fingerprint density at radius 3 is 1.62 bits per heavy atom. The van der Waals surface area contributed by atoms with Crippen molar-refractivity contribution in [2.75, 3.05) is 23.7 Å². The van der Waals surface area contributed by atoms with Crippen LogP contribution in [-0.2, 0) is 14.3 Å². The lowest BCUT2D eigenvalue weighted by Gasteiger charge is -2.21. The van der Waals surface area contributed by atoms with Gasteiger partial charge in [-0.1, -0.05) is 78.9 Å². The fourth-order valence-corrected chi connectivity index (χ4v) is 9.44. The zero-order chi connectivity index (χ0) is 60.3. The molecule has 19 nitrogen and oxygen atoms in total. The smallest absolute Gasteiger partial charge is 0.415 e. The number of hydrogen-bond acceptors (Lipinski definition) is 13. The van der Waals surface area contributed by atoms with Crippen LogP contribution in [0.3, 0.4) is 0 Å². The highest BCUT2D eigenvalue weighted by Crippen LogP contribution is 2.34. The van der Waals surface area contributed by atoms with Crippen molar-refractivity contribution in [1.29, 1.82) is 16.1 Å². The Balaban J connectivity index is 0.000000206. The Morgan fingerprint density at radius 2 is 1.12 bits per heavy atom. The number of carbonyl (C=O) groups is 4. The van der Waals surface area contributed by atoms with E-state index in [9.17, 15) is 28.8 Å². The molecule has 2 fully saturated rings. The minimum Gasteiger partial charge on any atom is -0.426 e.